The molecule has 0 aliphatic carbocycles. The van der Waals surface area contributed by atoms with Gasteiger partial charge in [0.05, 0.1) is 0 Å². The van der Waals surface area contributed by atoms with Crippen LogP contribution in [0.4, 0.5) is 0 Å². The average molecular weight is 448 g/mol. The van der Waals surface area contributed by atoms with E-state index in [9.17, 15) is 4.79 Å². The summed E-state index contributed by atoms with van der Waals surface area (Å²) < 4.78 is 0. The quantitative estimate of drug-likeness (QED) is 0.509. The van der Waals surface area contributed by atoms with E-state index in [2.05, 4.69) is 47.6 Å². The van der Waals surface area contributed by atoms with E-state index < -0.39 is 0 Å². The van der Waals surface area contributed by atoms with Crippen molar-refractivity contribution in [2.45, 2.75) is 19.4 Å². The van der Waals surface area contributed by atoms with Crippen LogP contribution >= 0.6 is 24.8 Å². The number of nitrogens with one attached hydrogen (secondary N) is 1. The summed E-state index contributed by atoms with van der Waals surface area (Å²) in [5.41, 5.74) is 8.86. The lowest BCUT2D eigenvalue weighted by Crippen LogP contribution is -2.33. The number of nitrogens with zero attached hydrogens (tertiary/aromatic N) is 1. The summed E-state index contributed by atoms with van der Waals surface area (Å²) in [4.78, 5) is 14.6. The number of rotatable bonds is 9. The van der Waals surface area contributed by atoms with Crippen LogP contribution in [0.3, 0.4) is 0 Å². The van der Waals surface area contributed by atoms with Gasteiger partial charge in [-0.15, -0.1) is 24.8 Å². The molecule has 0 atom stereocenters. The average Bonchev–Trinajstić information content (AvgIpc) is 2.73. The molecule has 0 unspecified atom stereocenters. The highest BCUT2D eigenvalue weighted by Crippen LogP contribution is 2.15. The molecule has 162 valence electrons. The van der Waals surface area contributed by atoms with Crippen molar-refractivity contribution in [2.24, 2.45) is 5.73 Å². The third-order valence-electron chi connectivity index (χ3n) is 5.05. The van der Waals surface area contributed by atoms with Gasteiger partial charge in [-0.3, -0.25) is 4.79 Å². The summed E-state index contributed by atoms with van der Waals surface area (Å²) in [6.07, 6.45) is 2.15. The Kier molecular flexibility index (Phi) is 11.4. The zero-order chi connectivity index (χ0) is 19.8. The monoisotopic (exact) mass is 447 g/mol. The van der Waals surface area contributed by atoms with Crippen molar-refractivity contribution in [3.8, 4) is 0 Å². The standard InChI is InChI=1S/C24H29N3O.2ClH/c1-27(15-4-5-19-8-10-20(18-25)11-9-19)16-14-26-24(28)23-13-12-21-6-2-3-7-22(21)17-23;;/h2-3,6-13,17H,4-5,14-16,18,25H2,1H3,(H,26,28);2*1H. The van der Waals surface area contributed by atoms with Gasteiger partial charge in [0.25, 0.3) is 5.91 Å². The van der Waals surface area contributed by atoms with E-state index in [-0.39, 0.29) is 30.7 Å². The number of amides is 1. The second kappa shape index (κ2) is 13.2. The number of likely N-dealkylation sites (N-methyl/N-ethyl adjacent to an activating group) is 1. The number of nitrogens with two attached hydrogens (primary N) is 1. The molecule has 4 nitrogen and oxygen atoms in total. The van der Waals surface area contributed by atoms with E-state index in [0.29, 0.717) is 18.7 Å². The van der Waals surface area contributed by atoms with Crippen LogP contribution in [0.25, 0.3) is 10.8 Å². The van der Waals surface area contributed by atoms with Crippen LogP contribution < -0.4 is 11.1 Å². The first-order chi connectivity index (χ1) is 13.7. The van der Waals surface area contributed by atoms with Crippen LogP contribution in [-0.4, -0.2) is 37.5 Å². The number of hydrogen-bond donors (Lipinski definition) is 2. The molecule has 3 aromatic carbocycles. The predicted molar refractivity (Wildman–Crippen MR) is 131 cm³/mol. The molecule has 0 spiro atoms. The maximum absolute atomic E-state index is 12.4. The largest absolute Gasteiger partial charge is 0.351 e. The maximum atomic E-state index is 12.4. The van der Waals surface area contributed by atoms with Crippen molar-refractivity contribution in [1.29, 1.82) is 0 Å². The van der Waals surface area contributed by atoms with Crippen molar-refractivity contribution >= 4 is 41.5 Å². The molecule has 3 N–H and O–H groups in total. The van der Waals surface area contributed by atoms with Crippen LogP contribution in [0.2, 0.25) is 0 Å². The Bertz CT molecular complexity index is 916. The van der Waals surface area contributed by atoms with Crippen LogP contribution in [0, 0.1) is 0 Å². The van der Waals surface area contributed by atoms with Gasteiger partial charge in [-0.25, -0.2) is 0 Å². The fraction of sp³-hybridized carbons (Fsp3) is 0.292. The zero-order valence-corrected chi connectivity index (χ0v) is 19.0. The lowest BCUT2D eigenvalue weighted by atomic mass is 10.1. The number of fused-ring (bicyclic) bond motifs is 1. The van der Waals surface area contributed by atoms with Gasteiger partial charge in [0.2, 0.25) is 0 Å². The molecule has 0 aliphatic heterocycles. The third kappa shape index (κ3) is 7.62. The molecular formula is C24H31Cl2N3O. The Morgan fingerprint density at radius 2 is 1.57 bits per heavy atom. The van der Waals surface area contributed by atoms with Crippen LogP contribution in [0.15, 0.2) is 66.7 Å². The Balaban J connectivity index is 0.00000225. The summed E-state index contributed by atoms with van der Waals surface area (Å²) in [5, 5.41) is 5.26. The minimum absolute atomic E-state index is 0. The first-order valence-corrected chi connectivity index (χ1v) is 9.89. The summed E-state index contributed by atoms with van der Waals surface area (Å²) in [5.74, 6) is -0.0147. The van der Waals surface area contributed by atoms with Gasteiger partial charge in [-0.05, 0) is 60.5 Å². The molecule has 0 saturated heterocycles. The number of benzene rings is 3. The highest BCUT2D eigenvalue weighted by molar-refractivity contribution is 5.98. The lowest BCUT2D eigenvalue weighted by Gasteiger charge is -2.17. The van der Waals surface area contributed by atoms with Crippen molar-refractivity contribution in [3.05, 3.63) is 83.4 Å². The molecular weight excluding hydrogens is 417 g/mol. The first kappa shape index (κ1) is 25.9. The Morgan fingerprint density at radius 1 is 0.900 bits per heavy atom. The fourth-order valence-electron chi connectivity index (χ4n) is 3.30. The van der Waals surface area contributed by atoms with E-state index in [4.69, 9.17) is 5.73 Å². The van der Waals surface area contributed by atoms with Gasteiger partial charge in [-0.2, -0.15) is 0 Å². The molecule has 1 amide bonds. The van der Waals surface area contributed by atoms with Gasteiger partial charge in [0, 0.05) is 25.2 Å². The summed E-state index contributed by atoms with van der Waals surface area (Å²) >= 11 is 0. The SMILES string of the molecule is CN(CCCc1ccc(CN)cc1)CCNC(=O)c1ccc2ccccc2c1.Cl.Cl. The third-order valence-corrected chi connectivity index (χ3v) is 5.05. The molecule has 3 rings (SSSR count). The lowest BCUT2D eigenvalue weighted by molar-refractivity contribution is 0.0950. The topological polar surface area (TPSA) is 58.4 Å². The van der Waals surface area contributed by atoms with Gasteiger partial charge in [0.15, 0.2) is 0 Å². The molecule has 6 heteroatoms. The molecule has 0 fully saturated rings. The van der Waals surface area contributed by atoms with E-state index >= 15 is 0 Å². The van der Waals surface area contributed by atoms with Crippen molar-refractivity contribution in [3.63, 3.8) is 0 Å². The number of carbonyl (C=O) groups excluding carboxylic acids is 1. The summed E-state index contributed by atoms with van der Waals surface area (Å²) in [6.45, 7) is 3.08. The number of hydrogen-bond acceptors (Lipinski definition) is 3. The summed E-state index contributed by atoms with van der Waals surface area (Å²) in [6, 6.07) is 22.4. The van der Waals surface area contributed by atoms with Crippen molar-refractivity contribution in [1.82, 2.24) is 10.2 Å². The molecule has 0 heterocycles. The number of carbonyl (C=O) groups is 1. The highest BCUT2D eigenvalue weighted by Gasteiger charge is 2.06. The van der Waals surface area contributed by atoms with Gasteiger partial charge in [-0.1, -0.05) is 54.6 Å². The van der Waals surface area contributed by atoms with E-state index in [1.807, 2.05) is 36.4 Å². The predicted octanol–water partition coefficient (Wildman–Crippen LogP) is 4.44. The minimum atomic E-state index is -0.0147. The minimum Gasteiger partial charge on any atom is -0.351 e. The first-order valence-electron chi connectivity index (χ1n) is 9.89. The maximum Gasteiger partial charge on any atom is 0.251 e. The number of aryl methyl sites for hydroxylation is 1. The van der Waals surface area contributed by atoms with Gasteiger partial charge < -0.3 is 16.0 Å². The van der Waals surface area contributed by atoms with Crippen LogP contribution in [-0.2, 0) is 13.0 Å². The molecule has 0 bridgehead atoms. The van der Waals surface area contributed by atoms with Gasteiger partial charge in [0.1, 0.15) is 0 Å². The molecule has 0 saturated carbocycles. The smallest absolute Gasteiger partial charge is 0.251 e. The van der Waals surface area contributed by atoms with Crippen molar-refractivity contribution in [2.75, 3.05) is 26.7 Å². The van der Waals surface area contributed by atoms with Gasteiger partial charge >= 0.3 is 0 Å². The molecule has 0 aliphatic rings. The molecule has 0 aromatic heterocycles. The van der Waals surface area contributed by atoms with Crippen molar-refractivity contribution < 1.29 is 4.79 Å². The van der Waals surface area contributed by atoms with Crippen LogP contribution in [0.1, 0.15) is 27.9 Å². The van der Waals surface area contributed by atoms with E-state index in [1.165, 1.54) is 11.1 Å². The Hall–Kier alpha value is -2.11. The Labute approximate surface area is 191 Å². The second-order valence-electron chi connectivity index (χ2n) is 7.25. The van der Waals surface area contributed by atoms with E-state index in [1.54, 1.807) is 0 Å². The molecule has 0 radical (unpaired) electrons. The van der Waals surface area contributed by atoms with E-state index in [0.717, 1.165) is 36.7 Å². The molecule has 3 aromatic rings. The summed E-state index contributed by atoms with van der Waals surface area (Å²) in [7, 11) is 2.10. The number of halogens is 2. The Morgan fingerprint density at radius 3 is 2.27 bits per heavy atom. The molecule has 30 heavy (non-hydrogen) atoms. The second-order valence-corrected chi connectivity index (χ2v) is 7.25. The zero-order valence-electron chi connectivity index (χ0n) is 17.3. The van der Waals surface area contributed by atoms with Crippen LogP contribution in [0.5, 0.6) is 0 Å². The highest BCUT2D eigenvalue weighted by atomic mass is 35.5. The normalized spacial score (nSPS) is 10.4. The fourth-order valence-corrected chi connectivity index (χ4v) is 3.30.